The quantitative estimate of drug-likeness (QED) is 0.779. The maximum Gasteiger partial charge on any atom is 0.263 e. The van der Waals surface area contributed by atoms with E-state index < -0.39 is 16.1 Å². The summed E-state index contributed by atoms with van der Waals surface area (Å²) in [5, 5.41) is 10.8. The highest BCUT2D eigenvalue weighted by atomic mass is 32.2. The first-order valence-electron chi connectivity index (χ1n) is 5.97. The summed E-state index contributed by atoms with van der Waals surface area (Å²) in [6.07, 6.45) is 1.12. The first-order chi connectivity index (χ1) is 9.54. The van der Waals surface area contributed by atoms with Crippen LogP contribution in [0.2, 0.25) is 0 Å². The van der Waals surface area contributed by atoms with Gasteiger partial charge in [0.1, 0.15) is 0 Å². The van der Waals surface area contributed by atoms with Crippen LogP contribution in [0.25, 0.3) is 4.96 Å². The lowest BCUT2D eigenvalue weighted by Gasteiger charge is -2.30. The highest BCUT2D eigenvalue weighted by molar-refractivity contribution is 7.89. The maximum absolute atomic E-state index is 12.7. The number of nitrogens with two attached hydrogens (primary N) is 1. The van der Waals surface area contributed by atoms with Gasteiger partial charge in [-0.2, -0.15) is 4.31 Å². The number of aliphatic hydroxyl groups excluding tert-OH is 1. The van der Waals surface area contributed by atoms with Crippen LogP contribution in [0.5, 0.6) is 0 Å². The van der Waals surface area contributed by atoms with Crippen molar-refractivity contribution in [1.29, 1.82) is 0 Å². The van der Waals surface area contributed by atoms with Crippen LogP contribution in [0.15, 0.2) is 16.6 Å². The molecule has 1 fully saturated rings. The Morgan fingerprint density at radius 1 is 1.60 bits per heavy atom. The van der Waals surface area contributed by atoms with Gasteiger partial charge in [-0.3, -0.25) is 4.40 Å². The minimum absolute atomic E-state index is 0.0103. The van der Waals surface area contributed by atoms with Crippen molar-refractivity contribution in [2.24, 2.45) is 0 Å². The van der Waals surface area contributed by atoms with E-state index in [4.69, 9.17) is 15.6 Å². The zero-order valence-electron chi connectivity index (χ0n) is 10.5. The Bertz CT molecular complexity index is 723. The van der Waals surface area contributed by atoms with Crippen LogP contribution < -0.4 is 5.73 Å². The molecule has 1 atom stereocenters. The summed E-state index contributed by atoms with van der Waals surface area (Å²) >= 11 is 1.31. The van der Waals surface area contributed by atoms with E-state index in [0.29, 0.717) is 4.96 Å². The number of anilines is 1. The second-order valence-corrected chi connectivity index (χ2v) is 7.12. The van der Waals surface area contributed by atoms with E-state index >= 15 is 0 Å². The standard InChI is InChI=1S/C10H14N4O4S2/c11-8-9(14-2-4-19-10(14)12-8)20(16,17)13-1-3-18-7(5-13)6-15/h2,4,7,15H,1,3,5-6,11H2. The number of thiazole rings is 1. The van der Waals surface area contributed by atoms with Gasteiger partial charge in [0, 0.05) is 24.7 Å². The SMILES string of the molecule is Nc1nc2sccn2c1S(=O)(=O)N1CCOC(CO)C1. The lowest BCUT2D eigenvalue weighted by molar-refractivity contribution is -0.0305. The number of hydrogen-bond donors (Lipinski definition) is 2. The first kappa shape index (κ1) is 13.8. The Morgan fingerprint density at radius 3 is 3.15 bits per heavy atom. The summed E-state index contributed by atoms with van der Waals surface area (Å²) in [6.45, 7) is 0.364. The molecule has 0 bridgehead atoms. The minimum atomic E-state index is -3.76. The number of rotatable bonds is 3. The number of hydrogen-bond acceptors (Lipinski definition) is 7. The monoisotopic (exact) mass is 318 g/mol. The summed E-state index contributed by atoms with van der Waals surface area (Å²) in [5.74, 6) is -0.0103. The van der Waals surface area contributed by atoms with Crippen LogP contribution in [0.4, 0.5) is 5.82 Å². The Morgan fingerprint density at radius 2 is 2.40 bits per heavy atom. The summed E-state index contributed by atoms with van der Waals surface area (Å²) < 4.78 is 33.4. The predicted molar refractivity (Wildman–Crippen MR) is 73.1 cm³/mol. The molecule has 110 valence electrons. The van der Waals surface area contributed by atoms with Crippen LogP contribution in [-0.2, 0) is 14.8 Å². The molecule has 2 aromatic heterocycles. The summed E-state index contributed by atoms with van der Waals surface area (Å²) in [6, 6.07) is 0. The molecule has 3 rings (SSSR count). The van der Waals surface area contributed by atoms with Crippen LogP contribution in [0.1, 0.15) is 0 Å². The van der Waals surface area contributed by atoms with E-state index in [9.17, 15) is 8.42 Å². The zero-order chi connectivity index (χ0) is 14.3. The van der Waals surface area contributed by atoms with Crippen molar-refractivity contribution >= 4 is 32.1 Å². The van der Waals surface area contributed by atoms with Crippen molar-refractivity contribution < 1.29 is 18.3 Å². The van der Waals surface area contributed by atoms with Gasteiger partial charge in [-0.1, -0.05) is 0 Å². The highest BCUT2D eigenvalue weighted by Crippen LogP contribution is 2.27. The van der Waals surface area contributed by atoms with Gasteiger partial charge in [-0.15, -0.1) is 11.3 Å². The second kappa shape index (κ2) is 4.97. The first-order valence-corrected chi connectivity index (χ1v) is 8.29. The van der Waals surface area contributed by atoms with Crippen LogP contribution in [-0.4, -0.2) is 59.6 Å². The Kier molecular flexibility index (Phi) is 3.42. The molecule has 0 saturated carbocycles. The van der Waals surface area contributed by atoms with Gasteiger partial charge in [0.05, 0.1) is 19.3 Å². The van der Waals surface area contributed by atoms with E-state index in [0.717, 1.165) is 0 Å². The largest absolute Gasteiger partial charge is 0.394 e. The number of ether oxygens (including phenoxy) is 1. The predicted octanol–water partition coefficient (Wildman–Crippen LogP) is -0.640. The number of nitrogens with zero attached hydrogens (tertiary/aromatic N) is 3. The zero-order valence-corrected chi connectivity index (χ0v) is 12.1. The van der Waals surface area contributed by atoms with Crippen molar-refractivity contribution in [2.75, 3.05) is 32.0 Å². The number of sulfonamides is 1. The third kappa shape index (κ3) is 2.09. The van der Waals surface area contributed by atoms with Crippen molar-refractivity contribution in [3.8, 4) is 0 Å². The Balaban J connectivity index is 2.03. The molecule has 2 aromatic rings. The van der Waals surface area contributed by atoms with Gasteiger partial charge in [0.15, 0.2) is 15.8 Å². The molecule has 10 heteroatoms. The van der Waals surface area contributed by atoms with Crippen molar-refractivity contribution in [1.82, 2.24) is 13.7 Å². The second-order valence-electron chi connectivity index (χ2n) is 4.40. The molecule has 3 N–H and O–H groups in total. The lowest BCUT2D eigenvalue weighted by atomic mass is 10.3. The van der Waals surface area contributed by atoms with Gasteiger partial charge in [-0.25, -0.2) is 13.4 Å². The molecule has 0 spiro atoms. The molecule has 0 radical (unpaired) electrons. The molecule has 1 aliphatic heterocycles. The van der Waals surface area contributed by atoms with Gasteiger partial charge in [0.2, 0.25) is 0 Å². The van der Waals surface area contributed by atoms with E-state index in [-0.39, 0.29) is 37.1 Å². The molecule has 3 heterocycles. The topological polar surface area (TPSA) is 110 Å². The minimum Gasteiger partial charge on any atom is -0.394 e. The van der Waals surface area contributed by atoms with Crippen molar-refractivity contribution in [3.63, 3.8) is 0 Å². The Labute approximate surface area is 119 Å². The number of nitrogen functional groups attached to an aromatic ring is 1. The fraction of sp³-hybridized carbons (Fsp3) is 0.500. The molecule has 1 aliphatic rings. The third-order valence-corrected chi connectivity index (χ3v) is 5.80. The molecule has 0 aliphatic carbocycles. The molecule has 1 saturated heterocycles. The van der Waals surface area contributed by atoms with E-state index in [2.05, 4.69) is 4.98 Å². The van der Waals surface area contributed by atoms with E-state index in [1.165, 1.54) is 20.0 Å². The highest BCUT2D eigenvalue weighted by Gasteiger charge is 2.34. The van der Waals surface area contributed by atoms with Crippen molar-refractivity contribution in [3.05, 3.63) is 11.6 Å². The third-order valence-electron chi connectivity index (χ3n) is 3.13. The number of aliphatic hydroxyl groups is 1. The fourth-order valence-electron chi connectivity index (χ4n) is 2.18. The average Bonchev–Trinajstić information content (AvgIpc) is 2.98. The number of imidazole rings is 1. The van der Waals surface area contributed by atoms with Crippen LogP contribution in [0.3, 0.4) is 0 Å². The number of morpholine rings is 1. The fourth-order valence-corrected chi connectivity index (χ4v) is 4.59. The molecule has 0 amide bonds. The molecule has 1 unspecified atom stereocenters. The smallest absolute Gasteiger partial charge is 0.263 e. The van der Waals surface area contributed by atoms with Crippen LogP contribution in [0, 0.1) is 0 Å². The van der Waals surface area contributed by atoms with Gasteiger partial charge in [0.25, 0.3) is 10.0 Å². The normalized spacial score (nSPS) is 21.6. The maximum atomic E-state index is 12.7. The summed E-state index contributed by atoms with van der Waals surface area (Å²) in [7, 11) is -3.76. The van der Waals surface area contributed by atoms with Crippen LogP contribution >= 0.6 is 11.3 Å². The van der Waals surface area contributed by atoms with Crippen molar-refractivity contribution in [2.45, 2.75) is 11.1 Å². The molecular weight excluding hydrogens is 304 g/mol. The number of aromatic nitrogens is 2. The number of fused-ring (bicyclic) bond motifs is 1. The van der Waals surface area contributed by atoms with E-state index in [1.807, 2.05) is 0 Å². The molecule has 20 heavy (non-hydrogen) atoms. The molecule has 8 nitrogen and oxygen atoms in total. The van der Waals surface area contributed by atoms with Gasteiger partial charge in [-0.05, 0) is 0 Å². The molecular formula is C10H14N4O4S2. The summed E-state index contributed by atoms with van der Waals surface area (Å²) in [5.41, 5.74) is 5.75. The van der Waals surface area contributed by atoms with E-state index in [1.54, 1.807) is 11.6 Å². The molecule has 0 aromatic carbocycles. The average molecular weight is 318 g/mol. The Hall–Kier alpha value is -1.20. The lowest BCUT2D eigenvalue weighted by Crippen LogP contribution is -2.47. The van der Waals surface area contributed by atoms with Gasteiger partial charge >= 0.3 is 0 Å². The summed E-state index contributed by atoms with van der Waals surface area (Å²) in [4.78, 5) is 4.58. The van der Waals surface area contributed by atoms with Gasteiger partial charge < -0.3 is 15.6 Å².